The van der Waals surface area contributed by atoms with E-state index in [1.807, 2.05) is 31.1 Å². The largest absolute Gasteiger partial charge is 0.342 e. The Hall–Kier alpha value is -2.41. The number of quaternary nitrogens is 1. The van der Waals surface area contributed by atoms with E-state index in [1.165, 1.54) is 4.90 Å². The lowest BCUT2D eigenvalue weighted by Crippen LogP contribution is -3.06. The summed E-state index contributed by atoms with van der Waals surface area (Å²) in [7, 11) is 3.97. The van der Waals surface area contributed by atoms with Crippen LogP contribution in [0.5, 0.6) is 0 Å². The first kappa shape index (κ1) is 18.4. The fourth-order valence-electron chi connectivity index (χ4n) is 3.15. The molecule has 140 valence electrons. The highest BCUT2D eigenvalue weighted by molar-refractivity contribution is 6.39. The highest BCUT2D eigenvalue weighted by Crippen LogP contribution is 2.36. The standard InChI is InChI=1S/C19H26N4O3/c1-22(2)11-9-20-17(24)18(25)21-15-7-8-16-14(12-15)4-3-10-23(16)19(26)13-5-6-13/h7-8,12-13H,3-6,9-11H2,1-2H3,(H,20,24)(H,21,25)/p+1. The van der Waals surface area contributed by atoms with Gasteiger partial charge >= 0.3 is 11.8 Å². The Balaban J connectivity index is 1.62. The Morgan fingerprint density at radius 1 is 1.19 bits per heavy atom. The molecule has 0 saturated heterocycles. The third kappa shape index (κ3) is 4.40. The van der Waals surface area contributed by atoms with Crippen molar-refractivity contribution in [1.82, 2.24) is 5.32 Å². The molecule has 0 bridgehead atoms. The fraction of sp³-hybridized carbons (Fsp3) is 0.526. The van der Waals surface area contributed by atoms with Crippen LogP contribution < -0.4 is 20.4 Å². The van der Waals surface area contributed by atoms with Crippen LogP contribution in [0.15, 0.2) is 18.2 Å². The molecular weight excluding hydrogens is 332 g/mol. The number of amides is 3. The van der Waals surface area contributed by atoms with E-state index in [2.05, 4.69) is 10.6 Å². The van der Waals surface area contributed by atoms with Crippen LogP contribution in [-0.4, -0.2) is 51.5 Å². The van der Waals surface area contributed by atoms with E-state index in [0.29, 0.717) is 12.2 Å². The first-order valence-electron chi connectivity index (χ1n) is 9.28. The van der Waals surface area contributed by atoms with Crippen LogP contribution in [-0.2, 0) is 20.8 Å². The molecule has 3 amide bonds. The summed E-state index contributed by atoms with van der Waals surface area (Å²) in [6.45, 7) is 1.96. The average molecular weight is 359 g/mol. The molecule has 3 N–H and O–H groups in total. The average Bonchev–Trinajstić information content (AvgIpc) is 3.45. The summed E-state index contributed by atoms with van der Waals surface area (Å²) in [5, 5.41) is 5.26. The maximum atomic E-state index is 12.4. The summed E-state index contributed by atoms with van der Waals surface area (Å²) in [6, 6.07) is 5.50. The number of hydrogen-bond acceptors (Lipinski definition) is 3. The molecule has 1 aromatic rings. The molecule has 0 unspecified atom stereocenters. The number of nitrogens with one attached hydrogen (secondary N) is 3. The fourth-order valence-corrected chi connectivity index (χ4v) is 3.15. The topological polar surface area (TPSA) is 82.9 Å². The molecule has 3 rings (SSSR count). The zero-order valence-electron chi connectivity index (χ0n) is 15.4. The van der Waals surface area contributed by atoms with Crippen LogP contribution in [0.1, 0.15) is 24.8 Å². The number of fused-ring (bicyclic) bond motifs is 1. The van der Waals surface area contributed by atoms with Gasteiger partial charge in [0.25, 0.3) is 0 Å². The molecule has 1 fully saturated rings. The van der Waals surface area contributed by atoms with Gasteiger partial charge in [-0.15, -0.1) is 0 Å². The number of rotatable bonds is 5. The van der Waals surface area contributed by atoms with Gasteiger partial charge in [0.2, 0.25) is 5.91 Å². The van der Waals surface area contributed by atoms with E-state index < -0.39 is 11.8 Å². The second-order valence-corrected chi connectivity index (χ2v) is 7.38. The molecule has 1 aliphatic carbocycles. The number of anilines is 2. The SMILES string of the molecule is C[NH+](C)CCNC(=O)C(=O)Nc1ccc2c(c1)CCCN2C(=O)C1CC1. The summed E-state index contributed by atoms with van der Waals surface area (Å²) in [4.78, 5) is 39.4. The predicted octanol–water partition coefficient (Wildman–Crippen LogP) is -0.425. The zero-order chi connectivity index (χ0) is 18.7. The molecule has 1 aliphatic heterocycles. The number of hydrogen-bond donors (Lipinski definition) is 3. The number of aryl methyl sites for hydroxylation is 1. The number of benzene rings is 1. The van der Waals surface area contributed by atoms with Gasteiger partial charge in [-0.2, -0.15) is 0 Å². The molecule has 26 heavy (non-hydrogen) atoms. The van der Waals surface area contributed by atoms with Gasteiger partial charge in [-0.3, -0.25) is 14.4 Å². The lowest BCUT2D eigenvalue weighted by Gasteiger charge is -2.30. The molecule has 0 spiro atoms. The lowest BCUT2D eigenvalue weighted by atomic mass is 10.0. The Labute approximate surface area is 153 Å². The maximum absolute atomic E-state index is 12.4. The molecule has 7 nitrogen and oxygen atoms in total. The van der Waals surface area contributed by atoms with E-state index in [-0.39, 0.29) is 11.8 Å². The second-order valence-electron chi connectivity index (χ2n) is 7.38. The first-order chi connectivity index (χ1) is 12.5. The third-order valence-corrected chi connectivity index (χ3v) is 4.77. The van der Waals surface area contributed by atoms with E-state index in [0.717, 1.165) is 50.0 Å². The molecule has 2 aliphatic rings. The molecule has 0 aromatic heterocycles. The number of likely N-dealkylation sites (N-methyl/N-ethyl adjacent to an activating group) is 1. The summed E-state index contributed by atoms with van der Waals surface area (Å²) in [6.07, 6.45) is 3.76. The minimum absolute atomic E-state index is 0.188. The van der Waals surface area contributed by atoms with Crippen LogP contribution in [0, 0.1) is 5.92 Å². The van der Waals surface area contributed by atoms with Crippen molar-refractivity contribution < 1.29 is 19.3 Å². The minimum atomic E-state index is -0.666. The number of nitrogens with zero attached hydrogens (tertiary/aromatic N) is 1. The Bertz CT molecular complexity index is 713. The molecule has 1 heterocycles. The molecule has 7 heteroatoms. The number of carbonyl (C=O) groups is 3. The minimum Gasteiger partial charge on any atom is -0.342 e. The van der Waals surface area contributed by atoms with Crippen LogP contribution in [0.4, 0.5) is 11.4 Å². The van der Waals surface area contributed by atoms with Crippen molar-refractivity contribution in [2.45, 2.75) is 25.7 Å². The Morgan fingerprint density at radius 3 is 2.65 bits per heavy atom. The normalized spacial score (nSPS) is 16.2. The van der Waals surface area contributed by atoms with Crippen molar-refractivity contribution in [3.05, 3.63) is 23.8 Å². The quantitative estimate of drug-likeness (QED) is 0.624. The Morgan fingerprint density at radius 2 is 1.96 bits per heavy atom. The van der Waals surface area contributed by atoms with Gasteiger partial charge in [0, 0.05) is 23.8 Å². The molecular formula is C19H27N4O3+. The first-order valence-corrected chi connectivity index (χ1v) is 9.28. The van der Waals surface area contributed by atoms with Gasteiger partial charge in [-0.1, -0.05) is 0 Å². The van der Waals surface area contributed by atoms with Crippen molar-refractivity contribution in [2.24, 2.45) is 5.92 Å². The highest BCUT2D eigenvalue weighted by atomic mass is 16.2. The zero-order valence-corrected chi connectivity index (χ0v) is 15.4. The third-order valence-electron chi connectivity index (χ3n) is 4.77. The molecule has 0 atom stereocenters. The van der Waals surface area contributed by atoms with Gasteiger partial charge in [0.05, 0.1) is 27.2 Å². The van der Waals surface area contributed by atoms with Crippen molar-refractivity contribution in [2.75, 3.05) is 43.9 Å². The van der Waals surface area contributed by atoms with E-state index in [1.54, 1.807) is 6.07 Å². The molecule has 1 saturated carbocycles. The summed E-state index contributed by atoms with van der Waals surface area (Å²) < 4.78 is 0. The predicted molar refractivity (Wildman–Crippen MR) is 99.2 cm³/mol. The number of carbonyl (C=O) groups excluding carboxylic acids is 3. The van der Waals surface area contributed by atoms with Crippen molar-refractivity contribution in [1.29, 1.82) is 0 Å². The van der Waals surface area contributed by atoms with Crippen molar-refractivity contribution in [3.8, 4) is 0 Å². The van der Waals surface area contributed by atoms with Crippen LogP contribution in [0.3, 0.4) is 0 Å². The summed E-state index contributed by atoms with van der Waals surface area (Å²) in [5.41, 5.74) is 2.56. The highest BCUT2D eigenvalue weighted by Gasteiger charge is 2.35. The van der Waals surface area contributed by atoms with Gasteiger partial charge in [0.15, 0.2) is 0 Å². The van der Waals surface area contributed by atoms with E-state index in [9.17, 15) is 14.4 Å². The van der Waals surface area contributed by atoms with Gasteiger partial charge in [-0.25, -0.2) is 0 Å². The molecule has 0 radical (unpaired) electrons. The Kier molecular flexibility index (Phi) is 5.56. The van der Waals surface area contributed by atoms with E-state index in [4.69, 9.17) is 0 Å². The monoisotopic (exact) mass is 359 g/mol. The van der Waals surface area contributed by atoms with Gasteiger partial charge in [0.1, 0.15) is 0 Å². The van der Waals surface area contributed by atoms with Crippen molar-refractivity contribution >= 4 is 29.1 Å². The summed E-state index contributed by atoms with van der Waals surface area (Å²) in [5.74, 6) is -0.895. The van der Waals surface area contributed by atoms with Crippen LogP contribution in [0.25, 0.3) is 0 Å². The van der Waals surface area contributed by atoms with Crippen molar-refractivity contribution in [3.63, 3.8) is 0 Å². The maximum Gasteiger partial charge on any atom is 0.313 e. The van der Waals surface area contributed by atoms with E-state index >= 15 is 0 Å². The van der Waals surface area contributed by atoms with Crippen LogP contribution in [0.2, 0.25) is 0 Å². The second kappa shape index (κ2) is 7.86. The smallest absolute Gasteiger partial charge is 0.313 e. The molecule has 1 aromatic carbocycles. The van der Waals surface area contributed by atoms with Crippen LogP contribution >= 0.6 is 0 Å². The summed E-state index contributed by atoms with van der Waals surface area (Å²) >= 11 is 0. The van der Waals surface area contributed by atoms with Gasteiger partial charge < -0.3 is 20.4 Å². The van der Waals surface area contributed by atoms with Gasteiger partial charge in [-0.05, 0) is 49.4 Å². The lowest BCUT2D eigenvalue weighted by molar-refractivity contribution is -0.856.